The third kappa shape index (κ3) is 1.98. The Labute approximate surface area is 117 Å². The largest absolute Gasteiger partial charge is 0.393 e. The lowest BCUT2D eigenvalue weighted by atomic mass is 9.60. The molecular formula is C15H19N3O2. The SMILES string of the molecule is CC1(C)C(O)CC1CNC(=O)c1cccn2nccc12. The van der Waals surface area contributed by atoms with Gasteiger partial charge in [-0.1, -0.05) is 13.8 Å². The third-order valence-electron chi connectivity index (χ3n) is 4.61. The van der Waals surface area contributed by atoms with Gasteiger partial charge in [-0.15, -0.1) is 0 Å². The molecule has 0 radical (unpaired) electrons. The smallest absolute Gasteiger partial charge is 0.253 e. The topological polar surface area (TPSA) is 66.6 Å². The number of nitrogens with zero attached hydrogens (tertiary/aromatic N) is 2. The molecule has 0 spiro atoms. The summed E-state index contributed by atoms with van der Waals surface area (Å²) in [7, 11) is 0. The van der Waals surface area contributed by atoms with Crippen molar-refractivity contribution in [1.82, 2.24) is 14.9 Å². The van der Waals surface area contributed by atoms with Gasteiger partial charge in [-0.25, -0.2) is 4.52 Å². The second-order valence-corrected chi connectivity index (χ2v) is 6.06. The van der Waals surface area contributed by atoms with Crippen molar-refractivity contribution < 1.29 is 9.90 Å². The van der Waals surface area contributed by atoms with Crippen LogP contribution in [0.5, 0.6) is 0 Å². The molecule has 1 saturated carbocycles. The minimum atomic E-state index is -0.261. The van der Waals surface area contributed by atoms with Gasteiger partial charge in [0.2, 0.25) is 0 Å². The number of carbonyl (C=O) groups excluding carboxylic acids is 1. The van der Waals surface area contributed by atoms with Gasteiger partial charge < -0.3 is 10.4 Å². The summed E-state index contributed by atoms with van der Waals surface area (Å²) in [5, 5.41) is 16.8. The van der Waals surface area contributed by atoms with E-state index in [9.17, 15) is 9.90 Å². The van der Waals surface area contributed by atoms with Crippen molar-refractivity contribution in [2.75, 3.05) is 6.54 Å². The number of rotatable bonds is 3. The third-order valence-corrected chi connectivity index (χ3v) is 4.61. The first-order valence-electron chi connectivity index (χ1n) is 6.89. The molecule has 1 amide bonds. The highest BCUT2D eigenvalue weighted by Crippen LogP contribution is 2.45. The van der Waals surface area contributed by atoms with E-state index in [1.54, 1.807) is 16.8 Å². The summed E-state index contributed by atoms with van der Waals surface area (Å²) in [4.78, 5) is 12.3. The molecule has 3 rings (SSSR count). The van der Waals surface area contributed by atoms with E-state index in [0.29, 0.717) is 18.0 Å². The van der Waals surface area contributed by atoms with Crippen molar-refractivity contribution in [2.24, 2.45) is 11.3 Å². The molecule has 0 bridgehead atoms. The molecule has 2 unspecified atom stereocenters. The van der Waals surface area contributed by atoms with Crippen LogP contribution < -0.4 is 5.32 Å². The number of fused-ring (bicyclic) bond motifs is 1. The molecule has 5 nitrogen and oxygen atoms in total. The highest BCUT2D eigenvalue weighted by atomic mass is 16.3. The molecule has 0 saturated heterocycles. The summed E-state index contributed by atoms with van der Waals surface area (Å²) >= 11 is 0. The highest BCUT2D eigenvalue weighted by Gasteiger charge is 2.46. The van der Waals surface area contributed by atoms with Crippen molar-refractivity contribution in [3.8, 4) is 0 Å². The van der Waals surface area contributed by atoms with Crippen LogP contribution in [0.2, 0.25) is 0 Å². The molecule has 106 valence electrons. The van der Waals surface area contributed by atoms with Crippen LogP contribution in [0, 0.1) is 11.3 Å². The first-order valence-corrected chi connectivity index (χ1v) is 6.89. The van der Waals surface area contributed by atoms with Gasteiger partial charge >= 0.3 is 0 Å². The fraction of sp³-hybridized carbons (Fsp3) is 0.467. The number of aliphatic hydroxyl groups is 1. The van der Waals surface area contributed by atoms with E-state index in [4.69, 9.17) is 0 Å². The van der Waals surface area contributed by atoms with Gasteiger partial charge in [-0.05, 0) is 36.0 Å². The maximum absolute atomic E-state index is 12.3. The van der Waals surface area contributed by atoms with E-state index in [1.807, 2.05) is 32.2 Å². The molecule has 1 fully saturated rings. The van der Waals surface area contributed by atoms with Gasteiger partial charge in [0.05, 0.1) is 23.4 Å². The number of pyridine rings is 1. The molecule has 20 heavy (non-hydrogen) atoms. The van der Waals surface area contributed by atoms with Crippen LogP contribution in [-0.2, 0) is 0 Å². The van der Waals surface area contributed by atoms with Crippen molar-refractivity contribution in [1.29, 1.82) is 0 Å². The maximum Gasteiger partial charge on any atom is 0.253 e. The second-order valence-electron chi connectivity index (χ2n) is 6.06. The van der Waals surface area contributed by atoms with Gasteiger partial charge in [0.15, 0.2) is 0 Å². The van der Waals surface area contributed by atoms with Crippen LogP contribution in [-0.4, -0.2) is 33.3 Å². The predicted molar refractivity (Wildman–Crippen MR) is 75.4 cm³/mol. The van der Waals surface area contributed by atoms with Crippen LogP contribution in [0.15, 0.2) is 30.6 Å². The number of hydrogen-bond acceptors (Lipinski definition) is 3. The molecule has 2 aromatic rings. The first kappa shape index (κ1) is 13.1. The van der Waals surface area contributed by atoms with Crippen molar-refractivity contribution in [2.45, 2.75) is 26.4 Å². The monoisotopic (exact) mass is 273 g/mol. The van der Waals surface area contributed by atoms with E-state index in [0.717, 1.165) is 11.9 Å². The zero-order valence-electron chi connectivity index (χ0n) is 11.7. The van der Waals surface area contributed by atoms with E-state index >= 15 is 0 Å². The molecular weight excluding hydrogens is 254 g/mol. The average Bonchev–Trinajstić information content (AvgIpc) is 2.91. The predicted octanol–water partition coefficient (Wildman–Crippen LogP) is 1.47. The van der Waals surface area contributed by atoms with Crippen molar-refractivity contribution in [3.63, 3.8) is 0 Å². The molecule has 2 heterocycles. The molecule has 0 aliphatic heterocycles. The second kappa shape index (κ2) is 4.59. The summed E-state index contributed by atoms with van der Waals surface area (Å²) in [5.74, 6) is 0.236. The van der Waals surface area contributed by atoms with Gasteiger partial charge in [0, 0.05) is 12.7 Å². The Morgan fingerprint density at radius 3 is 3.05 bits per heavy atom. The maximum atomic E-state index is 12.3. The molecule has 0 aromatic carbocycles. The highest BCUT2D eigenvalue weighted by molar-refractivity contribution is 6.00. The fourth-order valence-corrected chi connectivity index (χ4v) is 2.79. The Morgan fingerprint density at radius 2 is 2.35 bits per heavy atom. The van der Waals surface area contributed by atoms with Crippen LogP contribution in [0.25, 0.3) is 5.52 Å². The summed E-state index contributed by atoms with van der Waals surface area (Å²) in [6.07, 6.45) is 3.99. The fourth-order valence-electron chi connectivity index (χ4n) is 2.79. The number of amides is 1. The van der Waals surface area contributed by atoms with Gasteiger partial charge in [0.1, 0.15) is 0 Å². The molecule has 2 aromatic heterocycles. The first-order chi connectivity index (χ1) is 9.50. The Hall–Kier alpha value is -1.88. The summed E-state index contributed by atoms with van der Waals surface area (Å²) < 4.78 is 1.69. The standard InChI is InChI=1S/C15H19N3O2/c1-15(2)10(8-13(15)19)9-16-14(20)11-4-3-7-18-12(11)5-6-17-18/h3-7,10,13,19H,8-9H2,1-2H3,(H,16,20). The molecule has 2 atom stereocenters. The van der Waals surface area contributed by atoms with Gasteiger partial charge in [-0.3, -0.25) is 4.79 Å². The van der Waals surface area contributed by atoms with Crippen LogP contribution in [0.1, 0.15) is 30.6 Å². The van der Waals surface area contributed by atoms with Crippen LogP contribution >= 0.6 is 0 Å². The number of hydrogen-bond donors (Lipinski definition) is 2. The number of aliphatic hydroxyl groups excluding tert-OH is 1. The van der Waals surface area contributed by atoms with Gasteiger partial charge in [-0.2, -0.15) is 5.10 Å². The number of nitrogens with one attached hydrogen (secondary N) is 1. The Bertz CT molecular complexity index is 647. The zero-order valence-corrected chi connectivity index (χ0v) is 11.7. The van der Waals surface area contributed by atoms with E-state index in [1.165, 1.54) is 0 Å². The zero-order chi connectivity index (χ0) is 14.3. The molecule has 1 aliphatic rings. The lowest BCUT2D eigenvalue weighted by Gasteiger charge is -2.49. The molecule has 1 aliphatic carbocycles. The van der Waals surface area contributed by atoms with Crippen LogP contribution in [0.3, 0.4) is 0 Å². The Balaban J connectivity index is 1.70. The van der Waals surface area contributed by atoms with Crippen LogP contribution in [0.4, 0.5) is 0 Å². The number of carbonyl (C=O) groups is 1. The lowest BCUT2D eigenvalue weighted by Crippen LogP contribution is -2.53. The van der Waals surface area contributed by atoms with E-state index in [-0.39, 0.29) is 17.4 Å². The summed E-state index contributed by atoms with van der Waals surface area (Å²) in [6.45, 7) is 4.67. The summed E-state index contributed by atoms with van der Waals surface area (Å²) in [5.41, 5.74) is 1.32. The van der Waals surface area contributed by atoms with E-state index < -0.39 is 0 Å². The molecule has 5 heteroatoms. The van der Waals surface area contributed by atoms with Crippen molar-refractivity contribution in [3.05, 3.63) is 36.2 Å². The summed E-state index contributed by atoms with van der Waals surface area (Å²) in [6, 6.07) is 5.44. The Morgan fingerprint density at radius 1 is 1.55 bits per heavy atom. The van der Waals surface area contributed by atoms with Gasteiger partial charge in [0.25, 0.3) is 5.91 Å². The molecule has 2 N–H and O–H groups in total. The van der Waals surface area contributed by atoms with Crippen molar-refractivity contribution >= 4 is 11.4 Å². The average molecular weight is 273 g/mol. The minimum Gasteiger partial charge on any atom is -0.393 e. The minimum absolute atomic E-state index is 0.0895. The van der Waals surface area contributed by atoms with E-state index in [2.05, 4.69) is 10.4 Å². The Kier molecular flexibility index (Phi) is 3.01. The quantitative estimate of drug-likeness (QED) is 0.890. The lowest BCUT2D eigenvalue weighted by molar-refractivity contribution is -0.0957. The normalized spacial score (nSPS) is 24.4. The number of aromatic nitrogens is 2.